The molecule has 1 fully saturated rings. The predicted molar refractivity (Wildman–Crippen MR) is 147 cm³/mol. The molecule has 0 saturated heterocycles. The lowest BCUT2D eigenvalue weighted by Gasteiger charge is -2.38. The van der Waals surface area contributed by atoms with Crippen molar-refractivity contribution in [1.82, 2.24) is 4.90 Å². The molecule has 8 heteroatoms. The van der Waals surface area contributed by atoms with E-state index in [9.17, 15) is 9.59 Å². The van der Waals surface area contributed by atoms with E-state index < -0.39 is 0 Å². The van der Waals surface area contributed by atoms with Crippen LogP contribution in [0.4, 0.5) is 5.69 Å². The third-order valence-electron chi connectivity index (χ3n) is 6.94. The van der Waals surface area contributed by atoms with Crippen molar-refractivity contribution in [3.8, 4) is 17.2 Å². The van der Waals surface area contributed by atoms with E-state index in [0.717, 1.165) is 31.2 Å². The SMILES string of the molecule is COc1cccc(C(=O)Nc2cccc(CN(C(=O)c3ccc(OC)c(OC)c3)C3CCCCC3N)c2)c1. The molecule has 1 aliphatic rings. The summed E-state index contributed by atoms with van der Waals surface area (Å²) in [5.41, 5.74) is 9.06. The van der Waals surface area contributed by atoms with Crippen LogP contribution in [0.5, 0.6) is 17.2 Å². The largest absolute Gasteiger partial charge is 0.497 e. The first-order valence-electron chi connectivity index (χ1n) is 12.8. The average molecular weight is 518 g/mol. The summed E-state index contributed by atoms with van der Waals surface area (Å²) in [6, 6.07) is 19.5. The topological polar surface area (TPSA) is 103 Å². The van der Waals surface area contributed by atoms with Gasteiger partial charge in [-0.3, -0.25) is 9.59 Å². The molecule has 3 aromatic carbocycles. The smallest absolute Gasteiger partial charge is 0.255 e. The van der Waals surface area contributed by atoms with Crippen LogP contribution in [0, 0.1) is 0 Å². The highest BCUT2D eigenvalue weighted by molar-refractivity contribution is 6.04. The summed E-state index contributed by atoms with van der Waals surface area (Å²) in [7, 11) is 4.67. The number of nitrogens with two attached hydrogens (primary N) is 1. The number of nitrogens with one attached hydrogen (secondary N) is 1. The van der Waals surface area contributed by atoms with Gasteiger partial charge in [0.25, 0.3) is 11.8 Å². The lowest BCUT2D eigenvalue weighted by molar-refractivity contribution is 0.0583. The second-order valence-electron chi connectivity index (χ2n) is 9.40. The van der Waals surface area contributed by atoms with Crippen LogP contribution in [0.1, 0.15) is 52.0 Å². The van der Waals surface area contributed by atoms with Gasteiger partial charge in [0.2, 0.25) is 0 Å². The van der Waals surface area contributed by atoms with Crippen LogP contribution in [-0.4, -0.2) is 50.1 Å². The summed E-state index contributed by atoms with van der Waals surface area (Å²) < 4.78 is 16.0. The number of ether oxygens (including phenoxy) is 3. The van der Waals surface area contributed by atoms with Crippen molar-refractivity contribution >= 4 is 17.5 Å². The molecule has 1 saturated carbocycles. The van der Waals surface area contributed by atoms with Crippen molar-refractivity contribution in [2.24, 2.45) is 5.73 Å². The van der Waals surface area contributed by atoms with E-state index in [1.54, 1.807) is 63.8 Å². The average Bonchev–Trinajstić information content (AvgIpc) is 2.95. The first-order valence-corrected chi connectivity index (χ1v) is 12.8. The molecule has 4 rings (SSSR count). The highest BCUT2D eigenvalue weighted by atomic mass is 16.5. The lowest BCUT2D eigenvalue weighted by Crippen LogP contribution is -2.51. The Bertz CT molecular complexity index is 1280. The molecule has 2 amide bonds. The van der Waals surface area contributed by atoms with Gasteiger partial charge in [0.15, 0.2) is 11.5 Å². The Kier molecular flexibility index (Phi) is 8.86. The zero-order valence-corrected chi connectivity index (χ0v) is 22.1. The van der Waals surface area contributed by atoms with E-state index in [0.29, 0.717) is 40.6 Å². The van der Waals surface area contributed by atoms with Gasteiger partial charge in [-0.25, -0.2) is 0 Å². The van der Waals surface area contributed by atoms with Crippen LogP contribution in [0.2, 0.25) is 0 Å². The number of nitrogens with zero attached hydrogens (tertiary/aromatic N) is 1. The zero-order valence-electron chi connectivity index (χ0n) is 22.1. The number of carbonyl (C=O) groups is 2. The van der Waals surface area contributed by atoms with E-state index in [2.05, 4.69) is 5.32 Å². The van der Waals surface area contributed by atoms with Gasteiger partial charge < -0.3 is 30.2 Å². The first-order chi connectivity index (χ1) is 18.4. The molecule has 0 aliphatic heterocycles. The van der Waals surface area contributed by atoms with Crippen molar-refractivity contribution in [3.05, 3.63) is 83.4 Å². The highest BCUT2D eigenvalue weighted by Crippen LogP contribution is 2.31. The Balaban J connectivity index is 1.59. The van der Waals surface area contributed by atoms with Gasteiger partial charge in [-0.1, -0.05) is 31.0 Å². The molecule has 0 spiro atoms. The summed E-state index contributed by atoms with van der Waals surface area (Å²) in [6.45, 7) is 0.356. The highest BCUT2D eigenvalue weighted by Gasteiger charge is 2.32. The van der Waals surface area contributed by atoms with Gasteiger partial charge in [0.1, 0.15) is 5.75 Å². The zero-order chi connectivity index (χ0) is 27.1. The number of benzene rings is 3. The Morgan fingerprint density at radius 1 is 0.868 bits per heavy atom. The maximum Gasteiger partial charge on any atom is 0.255 e. The number of carbonyl (C=O) groups excluding carboxylic acids is 2. The molecule has 0 aromatic heterocycles. The fraction of sp³-hybridized carbons (Fsp3) is 0.333. The van der Waals surface area contributed by atoms with Crippen LogP contribution >= 0.6 is 0 Å². The number of methoxy groups -OCH3 is 3. The third kappa shape index (κ3) is 6.26. The van der Waals surface area contributed by atoms with Crippen LogP contribution < -0.4 is 25.3 Å². The number of hydrogen-bond acceptors (Lipinski definition) is 6. The fourth-order valence-corrected chi connectivity index (χ4v) is 4.91. The molecule has 1 aliphatic carbocycles. The Morgan fingerprint density at radius 2 is 1.63 bits per heavy atom. The van der Waals surface area contributed by atoms with Crippen molar-refractivity contribution in [1.29, 1.82) is 0 Å². The van der Waals surface area contributed by atoms with Crippen molar-refractivity contribution in [2.75, 3.05) is 26.6 Å². The number of hydrogen-bond donors (Lipinski definition) is 2. The van der Waals surface area contributed by atoms with Crippen molar-refractivity contribution in [2.45, 2.75) is 44.3 Å². The van der Waals surface area contributed by atoms with Crippen molar-refractivity contribution in [3.63, 3.8) is 0 Å². The van der Waals surface area contributed by atoms with E-state index in [1.165, 1.54) is 0 Å². The van der Waals surface area contributed by atoms with Crippen LogP contribution in [-0.2, 0) is 6.54 Å². The summed E-state index contributed by atoms with van der Waals surface area (Å²) in [4.78, 5) is 28.6. The first kappa shape index (κ1) is 27.0. The molecule has 0 radical (unpaired) electrons. The summed E-state index contributed by atoms with van der Waals surface area (Å²) in [5, 5.41) is 2.95. The molecule has 200 valence electrons. The maximum atomic E-state index is 13.9. The quantitative estimate of drug-likeness (QED) is 0.420. The molecule has 3 aromatic rings. The Hall–Kier alpha value is -4.04. The lowest BCUT2D eigenvalue weighted by atomic mass is 9.89. The fourth-order valence-electron chi connectivity index (χ4n) is 4.91. The molecule has 2 atom stereocenters. The predicted octanol–water partition coefficient (Wildman–Crippen LogP) is 4.88. The minimum Gasteiger partial charge on any atom is -0.497 e. The Morgan fingerprint density at radius 3 is 2.37 bits per heavy atom. The second kappa shape index (κ2) is 12.5. The van der Waals surface area contributed by atoms with E-state index >= 15 is 0 Å². The maximum absolute atomic E-state index is 13.9. The van der Waals surface area contributed by atoms with E-state index in [4.69, 9.17) is 19.9 Å². The summed E-state index contributed by atoms with van der Waals surface area (Å²) in [5.74, 6) is 1.30. The normalized spacial score (nSPS) is 16.8. The molecule has 3 N–H and O–H groups in total. The van der Waals surface area contributed by atoms with Gasteiger partial charge in [0, 0.05) is 35.4 Å². The van der Waals surface area contributed by atoms with E-state index in [-0.39, 0.29) is 23.9 Å². The van der Waals surface area contributed by atoms with Gasteiger partial charge in [0.05, 0.1) is 21.3 Å². The number of anilines is 1. The van der Waals surface area contributed by atoms with Gasteiger partial charge in [-0.2, -0.15) is 0 Å². The van der Waals surface area contributed by atoms with Gasteiger partial charge >= 0.3 is 0 Å². The monoisotopic (exact) mass is 517 g/mol. The van der Waals surface area contributed by atoms with Crippen molar-refractivity contribution < 1.29 is 23.8 Å². The second-order valence-corrected chi connectivity index (χ2v) is 9.40. The minimum absolute atomic E-state index is 0.0978. The molecule has 2 unspecified atom stereocenters. The minimum atomic E-state index is -0.242. The van der Waals surface area contributed by atoms with Gasteiger partial charge in [-0.05, 0) is 66.9 Å². The molecule has 0 bridgehead atoms. The number of amides is 2. The van der Waals surface area contributed by atoms with Crippen LogP contribution in [0.15, 0.2) is 66.7 Å². The summed E-state index contributed by atoms with van der Waals surface area (Å²) >= 11 is 0. The molecule has 8 nitrogen and oxygen atoms in total. The third-order valence-corrected chi connectivity index (χ3v) is 6.94. The molecule has 0 heterocycles. The molecular weight excluding hydrogens is 482 g/mol. The van der Waals surface area contributed by atoms with E-state index in [1.807, 2.05) is 29.2 Å². The van der Waals surface area contributed by atoms with Gasteiger partial charge in [-0.15, -0.1) is 0 Å². The molecular formula is C30H35N3O5. The summed E-state index contributed by atoms with van der Waals surface area (Å²) in [6.07, 6.45) is 3.79. The Labute approximate surface area is 223 Å². The standard InChI is InChI=1S/C30H35N3O5/c1-36-24-11-7-9-21(17-24)29(34)32-23-10-6-8-20(16-23)19-33(26-13-5-4-12-25(26)31)30(35)22-14-15-27(37-2)28(18-22)38-3/h6-11,14-18,25-26H,4-5,12-13,19,31H2,1-3H3,(H,32,34). The number of rotatable bonds is 9. The van der Waals surface area contributed by atoms with Crippen LogP contribution in [0.25, 0.3) is 0 Å². The molecule has 38 heavy (non-hydrogen) atoms. The van der Waals surface area contributed by atoms with Crippen LogP contribution in [0.3, 0.4) is 0 Å².